The van der Waals surface area contributed by atoms with E-state index in [2.05, 4.69) is 30.3 Å². The minimum atomic E-state index is -1.09. The summed E-state index contributed by atoms with van der Waals surface area (Å²) in [6.07, 6.45) is 2.05. The second kappa shape index (κ2) is 14.7. The van der Waals surface area contributed by atoms with E-state index in [4.69, 9.17) is 18.9 Å². The van der Waals surface area contributed by atoms with Gasteiger partial charge in [-0.05, 0) is 58.6 Å². The van der Waals surface area contributed by atoms with Gasteiger partial charge in [-0.25, -0.2) is 15.0 Å². The summed E-state index contributed by atoms with van der Waals surface area (Å²) in [4.78, 5) is 29.3. The highest BCUT2D eigenvalue weighted by Crippen LogP contribution is 2.43. The minimum Gasteiger partial charge on any atom is -0.497 e. The molecule has 1 saturated heterocycles. The number of fused-ring (bicyclic) bond motifs is 1. The van der Waals surface area contributed by atoms with Crippen LogP contribution in [0.4, 0.5) is 5.82 Å². The number of hydrogen-bond acceptors (Lipinski definition) is 9. The van der Waals surface area contributed by atoms with Gasteiger partial charge in [0.1, 0.15) is 29.7 Å². The number of azide groups is 1. The molecule has 0 unspecified atom stereocenters. The van der Waals surface area contributed by atoms with Crippen molar-refractivity contribution >= 4 is 22.9 Å². The van der Waals surface area contributed by atoms with Gasteiger partial charge in [0.2, 0.25) is 0 Å². The number of rotatable bonds is 12. The molecule has 51 heavy (non-hydrogen) atoms. The van der Waals surface area contributed by atoms with Crippen LogP contribution in [0.3, 0.4) is 0 Å². The fourth-order valence-electron chi connectivity index (χ4n) is 6.43. The number of imidazole rings is 1. The number of hydrogen-bond donors (Lipinski definition) is 1. The van der Waals surface area contributed by atoms with Crippen molar-refractivity contribution in [2.24, 2.45) is 5.11 Å². The van der Waals surface area contributed by atoms with Crippen molar-refractivity contribution < 1.29 is 23.7 Å². The lowest BCUT2D eigenvalue weighted by atomic mass is 9.80. The van der Waals surface area contributed by atoms with E-state index in [-0.39, 0.29) is 18.3 Å². The summed E-state index contributed by atoms with van der Waals surface area (Å²) in [5.41, 5.74) is 12.4. The molecule has 1 aliphatic heterocycles. The monoisotopic (exact) mass is 682 g/mol. The lowest BCUT2D eigenvalue weighted by molar-refractivity contribution is -0.0779. The topological polar surface area (TPSA) is 158 Å². The summed E-state index contributed by atoms with van der Waals surface area (Å²) >= 11 is 0. The molecule has 7 rings (SSSR count). The number of ether oxygens (including phenoxy) is 4. The summed E-state index contributed by atoms with van der Waals surface area (Å²) in [7, 11) is 3.25. The van der Waals surface area contributed by atoms with Crippen LogP contribution in [0.15, 0.2) is 127 Å². The Labute approximate surface area is 293 Å². The standard InChI is InChI=1S/C38H34N8O5/c1-48-29-17-13-27(14-18-29)38(26-11-7-4-8-12-26,28-15-19-30(49-2)20-16-28)50-22-32-31(44-45-39)21-33(51-32)46-24-42-34-35(40-23-41-36(34)46)43-37(47)25-9-5-3-6-10-25/h3-20,23-24,31-33H,21-22H2,1-2H3,(H,40,41,43,47)/t31-,32-,33-/m1/s1. The van der Waals surface area contributed by atoms with Crippen molar-refractivity contribution in [3.63, 3.8) is 0 Å². The lowest BCUT2D eigenvalue weighted by Crippen LogP contribution is -2.37. The van der Waals surface area contributed by atoms with Crippen LogP contribution in [0.5, 0.6) is 11.5 Å². The van der Waals surface area contributed by atoms with E-state index < -0.39 is 24.0 Å². The van der Waals surface area contributed by atoms with Gasteiger partial charge in [0.25, 0.3) is 5.91 Å². The first-order chi connectivity index (χ1) is 25.0. The predicted octanol–water partition coefficient (Wildman–Crippen LogP) is 7.07. The van der Waals surface area contributed by atoms with Gasteiger partial charge in [-0.2, -0.15) is 0 Å². The van der Waals surface area contributed by atoms with Gasteiger partial charge in [0.05, 0.1) is 39.3 Å². The molecule has 256 valence electrons. The van der Waals surface area contributed by atoms with Gasteiger partial charge >= 0.3 is 0 Å². The Bertz CT molecular complexity index is 2110. The van der Waals surface area contributed by atoms with Gasteiger partial charge in [-0.15, -0.1) is 0 Å². The van der Waals surface area contributed by atoms with Crippen molar-refractivity contribution in [1.82, 2.24) is 19.5 Å². The number of methoxy groups -OCH3 is 2. The first-order valence-corrected chi connectivity index (χ1v) is 16.3. The highest BCUT2D eigenvalue weighted by molar-refractivity contribution is 6.06. The van der Waals surface area contributed by atoms with Gasteiger partial charge in [0, 0.05) is 16.9 Å². The van der Waals surface area contributed by atoms with Crippen LogP contribution in [0, 0.1) is 0 Å². The maximum atomic E-state index is 12.9. The molecule has 0 bridgehead atoms. The Morgan fingerprint density at radius 3 is 2.10 bits per heavy atom. The quantitative estimate of drug-likeness (QED) is 0.0621. The van der Waals surface area contributed by atoms with Gasteiger partial charge < -0.3 is 24.3 Å². The van der Waals surface area contributed by atoms with E-state index in [1.54, 1.807) is 49.4 Å². The van der Waals surface area contributed by atoms with Crippen LogP contribution in [-0.4, -0.2) is 58.4 Å². The Morgan fingerprint density at radius 2 is 1.49 bits per heavy atom. The molecule has 3 heterocycles. The van der Waals surface area contributed by atoms with Crippen LogP contribution >= 0.6 is 0 Å². The summed E-state index contributed by atoms with van der Waals surface area (Å²) in [6.45, 7) is 0.0626. The third-order valence-corrected chi connectivity index (χ3v) is 8.98. The molecular formula is C38H34N8O5. The molecule has 1 amide bonds. The first kappa shape index (κ1) is 33.2. The van der Waals surface area contributed by atoms with Gasteiger partial charge in [0.15, 0.2) is 17.0 Å². The number of amides is 1. The molecule has 4 aromatic carbocycles. The van der Waals surface area contributed by atoms with E-state index in [1.165, 1.54) is 6.33 Å². The zero-order valence-electron chi connectivity index (χ0n) is 27.9. The number of anilines is 1. The van der Waals surface area contributed by atoms with E-state index in [1.807, 2.05) is 84.9 Å². The molecule has 1 N–H and O–H groups in total. The fourth-order valence-corrected chi connectivity index (χ4v) is 6.43. The Hall–Kier alpha value is -6.27. The molecule has 0 saturated carbocycles. The number of carbonyl (C=O) groups is 1. The molecule has 13 heteroatoms. The molecule has 0 radical (unpaired) electrons. The molecule has 0 aliphatic carbocycles. The summed E-state index contributed by atoms with van der Waals surface area (Å²) in [5, 5.41) is 6.95. The number of aromatic nitrogens is 4. The fraction of sp³-hybridized carbons (Fsp3) is 0.211. The SMILES string of the molecule is COc1ccc(C(OC[C@H]2O[C@@H](n3cnc4c(NC(=O)c5ccccc5)ncnc43)C[C@H]2N=[N+]=[N-])(c2ccccc2)c2ccc(OC)cc2)cc1. The van der Waals surface area contributed by atoms with Crippen molar-refractivity contribution in [2.45, 2.75) is 30.4 Å². The van der Waals surface area contributed by atoms with Crippen LogP contribution in [0.2, 0.25) is 0 Å². The second-order valence-electron chi connectivity index (χ2n) is 11.8. The summed E-state index contributed by atoms with van der Waals surface area (Å²) < 4.78 is 26.4. The molecular weight excluding hydrogens is 648 g/mol. The maximum Gasteiger partial charge on any atom is 0.256 e. The van der Waals surface area contributed by atoms with Crippen molar-refractivity contribution in [3.05, 3.63) is 155 Å². The molecule has 1 fully saturated rings. The average molecular weight is 683 g/mol. The Kier molecular flexibility index (Phi) is 9.57. The Morgan fingerprint density at radius 1 is 0.882 bits per heavy atom. The smallest absolute Gasteiger partial charge is 0.256 e. The largest absolute Gasteiger partial charge is 0.497 e. The molecule has 6 aromatic rings. The molecule has 1 aliphatic rings. The summed E-state index contributed by atoms with van der Waals surface area (Å²) in [6, 6.07) is 33.7. The van der Waals surface area contributed by atoms with Crippen LogP contribution in [-0.2, 0) is 15.1 Å². The van der Waals surface area contributed by atoms with Gasteiger partial charge in [-0.1, -0.05) is 77.9 Å². The number of nitrogens with one attached hydrogen (secondary N) is 1. The average Bonchev–Trinajstić information content (AvgIpc) is 3.81. The third kappa shape index (κ3) is 6.56. The molecule has 0 spiro atoms. The normalized spacial score (nSPS) is 17.1. The number of benzene rings is 4. The van der Waals surface area contributed by atoms with E-state index in [0.717, 1.165) is 16.7 Å². The molecule has 2 aromatic heterocycles. The number of nitrogens with zero attached hydrogens (tertiary/aromatic N) is 7. The highest BCUT2D eigenvalue weighted by Gasteiger charge is 2.42. The van der Waals surface area contributed by atoms with Crippen molar-refractivity contribution in [3.8, 4) is 11.5 Å². The Balaban J connectivity index is 1.21. The van der Waals surface area contributed by atoms with E-state index in [9.17, 15) is 10.3 Å². The predicted molar refractivity (Wildman–Crippen MR) is 189 cm³/mol. The van der Waals surface area contributed by atoms with Crippen molar-refractivity contribution in [2.75, 3.05) is 26.1 Å². The second-order valence-corrected chi connectivity index (χ2v) is 11.8. The van der Waals surface area contributed by atoms with Crippen molar-refractivity contribution in [1.29, 1.82) is 0 Å². The molecule has 13 nitrogen and oxygen atoms in total. The third-order valence-electron chi connectivity index (χ3n) is 8.98. The summed E-state index contributed by atoms with van der Waals surface area (Å²) in [5.74, 6) is 1.36. The zero-order chi connectivity index (χ0) is 35.2. The minimum absolute atomic E-state index is 0.0626. The molecule has 3 atom stereocenters. The first-order valence-electron chi connectivity index (χ1n) is 16.3. The number of carbonyl (C=O) groups excluding carboxylic acids is 1. The van der Waals surface area contributed by atoms with E-state index >= 15 is 0 Å². The van der Waals surface area contributed by atoms with E-state index in [0.29, 0.717) is 34.6 Å². The van der Waals surface area contributed by atoms with Crippen LogP contribution in [0.1, 0.15) is 39.7 Å². The maximum absolute atomic E-state index is 12.9. The zero-order valence-corrected chi connectivity index (χ0v) is 27.9. The highest BCUT2D eigenvalue weighted by atomic mass is 16.6. The van der Waals surface area contributed by atoms with Crippen LogP contribution < -0.4 is 14.8 Å². The lowest BCUT2D eigenvalue weighted by Gasteiger charge is -2.37. The van der Waals surface area contributed by atoms with Gasteiger partial charge in [-0.3, -0.25) is 9.36 Å². The van der Waals surface area contributed by atoms with Crippen LogP contribution in [0.25, 0.3) is 21.6 Å².